The molecule has 0 aliphatic rings. The fourth-order valence-electron chi connectivity index (χ4n) is 1.72. The van der Waals surface area contributed by atoms with Crippen molar-refractivity contribution < 1.29 is 4.74 Å². The molecule has 4 nitrogen and oxygen atoms in total. The second-order valence-corrected chi connectivity index (χ2v) is 5.49. The molecule has 0 amide bonds. The van der Waals surface area contributed by atoms with Crippen LogP contribution in [0.4, 0.5) is 5.82 Å². The number of anilines is 1. The molecule has 0 aliphatic carbocycles. The highest BCUT2D eigenvalue weighted by molar-refractivity contribution is 9.10. The molecule has 5 heteroatoms. The van der Waals surface area contributed by atoms with E-state index >= 15 is 0 Å². The summed E-state index contributed by atoms with van der Waals surface area (Å²) in [6.45, 7) is 7.03. The standard InChI is InChI=1S/C13H22BrN3O/c1-5-6-10(8-18-4)15-12-7-11(14)16-13(17-12)9(2)3/h7,9-10H,5-6,8H2,1-4H3,(H,15,16,17). The van der Waals surface area contributed by atoms with Gasteiger partial charge in [0.15, 0.2) is 0 Å². The van der Waals surface area contributed by atoms with Gasteiger partial charge in [-0.25, -0.2) is 9.97 Å². The molecule has 0 saturated carbocycles. The lowest BCUT2D eigenvalue weighted by Crippen LogP contribution is -2.25. The summed E-state index contributed by atoms with van der Waals surface area (Å²) >= 11 is 3.43. The molecule has 0 spiro atoms. The van der Waals surface area contributed by atoms with Gasteiger partial charge in [0.1, 0.15) is 16.2 Å². The molecular weight excluding hydrogens is 294 g/mol. The zero-order chi connectivity index (χ0) is 13.5. The van der Waals surface area contributed by atoms with E-state index in [4.69, 9.17) is 4.74 Å². The molecule has 1 aromatic rings. The predicted octanol–water partition coefficient (Wildman–Crippen LogP) is 3.59. The number of methoxy groups -OCH3 is 1. The maximum atomic E-state index is 5.22. The maximum absolute atomic E-state index is 5.22. The van der Waals surface area contributed by atoms with Crippen molar-refractivity contribution in [1.82, 2.24) is 9.97 Å². The second-order valence-electron chi connectivity index (χ2n) is 4.67. The Kier molecular flexibility index (Phi) is 6.57. The summed E-state index contributed by atoms with van der Waals surface area (Å²) in [5.74, 6) is 2.02. The molecule has 0 saturated heterocycles. The molecule has 18 heavy (non-hydrogen) atoms. The highest BCUT2D eigenvalue weighted by Crippen LogP contribution is 2.18. The fourth-order valence-corrected chi connectivity index (χ4v) is 2.12. The average Bonchev–Trinajstić information content (AvgIpc) is 2.28. The Balaban J connectivity index is 2.81. The van der Waals surface area contributed by atoms with Gasteiger partial charge in [-0.15, -0.1) is 0 Å². The van der Waals surface area contributed by atoms with Crippen LogP contribution in [0.5, 0.6) is 0 Å². The van der Waals surface area contributed by atoms with Crippen molar-refractivity contribution in [3.8, 4) is 0 Å². The molecule has 1 rings (SSSR count). The van der Waals surface area contributed by atoms with E-state index in [9.17, 15) is 0 Å². The summed E-state index contributed by atoms with van der Waals surface area (Å²) in [4.78, 5) is 8.90. The molecule has 0 bridgehead atoms. The largest absolute Gasteiger partial charge is 0.383 e. The van der Waals surface area contributed by atoms with E-state index in [1.807, 2.05) is 6.07 Å². The van der Waals surface area contributed by atoms with Gasteiger partial charge in [0, 0.05) is 19.1 Å². The Morgan fingerprint density at radius 2 is 2.11 bits per heavy atom. The zero-order valence-electron chi connectivity index (χ0n) is 11.5. The summed E-state index contributed by atoms with van der Waals surface area (Å²) in [5.41, 5.74) is 0. The van der Waals surface area contributed by atoms with Gasteiger partial charge in [-0.1, -0.05) is 27.2 Å². The lowest BCUT2D eigenvalue weighted by Gasteiger charge is -2.18. The molecule has 1 aromatic heterocycles. The number of aromatic nitrogens is 2. The number of nitrogens with one attached hydrogen (secondary N) is 1. The molecule has 0 fully saturated rings. The molecule has 102 valence electrons. The van der Waals surface area contributed by atoms with E-state index in [2.05, 4.69) is 52.0 Å². The van der Waals surface area contributed by atoms with E-state index in [1.54, 1.807) is 7.11 Å². The number of ether oxygens (including phenoxy) is 1. The number of rotatable bonds is 7. The Bertz CT molecular complexity index is 365. The Morgan fingerprint density at radius 1 is 1.39 bits per heavy atom. The van der Waals surface area contributed by atoms with Gasteiger partial charge >= 0.3 is 0 Å². The minimum atomic E-state index is 0.293. The first-order chi connectivity index (χ1) is 8.56. The minimum Gasteiger partial charge on any atom is -0.383 e. The van der Waals surface area contributed by atoms with Crippen molar-refractivity contribution >= 4 is 21.7 Å². The lowest BCUT2D eigenvalue weighted by molar-refractivity contribution is 0.182. The summed E-state index contributed by atoms with van der Waals surface area (Å²) in [6.07, 6.45) is 2.18. The van der Waals surface area contributed by atoms with Gasteiger partial charge in [0.2, 0.25) is 0 Å². The molecule has 0 aliphatic heterocycles. The van der Waals surface area contributed by atoms with Crippen molar-refractivity contribution in [2.24, 2.45) is 0 Å². The van der Waals surface area contributed by atoms with Crippen molar-refractivity contribution in [2.45, 2.75) is 45.6 Å². The number of hydrogen-bond donors (Lipinski definition) is 1. The predicted molar refractivity (Wildman–Crippen MR) is 78.0 cm³/mol. The number of nitrogens with zero attached hydrogens (tertiary/aromatic N) is 2. The number of hydrogen-bond acceptors (Lipinski definition) is 4. The van der Waals surface area contributed by atoms with Gasteiger partial charge < -0.3 is 10.1 Å². The van der Waals surface area contributed by atoms with E-state index in [0.29, 0.717) is 18.6 Å². The van der Waals surface area contributed by atoms with Gasteiger partial charge in [-0.3, -0.25) is 0 Å². The van der Waals surface area contributed by atoms with Crippen LogP contribution in [0.3, 0.4) is 0 Å². The van der Waals surface area contributed by atoms with Crippen LogP contribution in [-0.4, -0.2) is 29.7 Å². The van der Waals surface area contributed by atoms with Crippen LogP contribution in [0.15, 0.2) is 10.7 Å². The first-order valence-electron chi connectivity index (χ1n) is 6.36. The Morgan fingerprint density at radius 3 is 2.67 bits per heavy atom. The molecule has 1 heterocycles. The van der Waals surface area contributed by atoms with Crippen molar-refractivity contribution in [1.29, 1.82) is 0 Å². The molecule has 1 atom stereocenters. The third kappa shape index (κ3) is 4.90. The highest BCUT2D eigenvalue weighted by atomic mass is 79.9. The van der Waals surface area contributed by atoms with Crippen LogP contribution < -0.4 is 5.32 Å². The molecule has 1 unspecified atom stereocenters. The van der Waals surface area contributed by atoms with E-state index < -0.39 is 0 Å². The lowest BCUT2D eigenvalue weighted by atomic mass is 10.2. The topological polar surface area (TPSA) is 47.0 Å². The Hall–Kier alpha value is -0.680. The Labute approximate surface area is 118 Å². The summed E-state index contributed by atoms with van der Waals surface area (Å²) in [5, 5.41) is 3.41. The smallest absolute Gasteiger partial charge is 0.134 e. The quantitative estimate of drug-likeness (QED) is 0.781. The van der Waals surface area contributed by atoms with Gasteiger partial charge in [0.25, 0.3) is 0 Å². The van der Waals surface area contributed by atoms with Crippen LogP contribution in [-0.2, 0) is 4.74 Å². The average molecular weight is 316 g/mol. The van der Waals surface area contributed by atoms with Gasteiger partial charge in [-0.05, 0) is 22.4 Å². The van der Waals surface area contributed by atoms with E-state index in [1.165, 1.54) is 0 Å². The fraction of sp³-hybridized carbons (Fsp3) is 0.692. The zero-order valence-corrected chi connectivity index (χ0v) is 13.1. The van der Waals surface area contributed by atoms with Crippen LogP contribution in [0.25, 0.3) is 0 Å². The van der Waals surface area contributed by atoms with E-state index in [-0.39, 0.29) is 0 Å². The summed E-state index contributed by atoms with van der Waals surface area (Å²) < 4.78 is 6.04. The van der Waals surface area contributed by atoms with Gasteiger partial charge in [0.05, 0.1) is 12.6 Å². The molecule has 0 aromatic carbocycles. The third-order valence-electron chi connectivity index (χ3n) is 2.59. The van der Waals surface area contributed by atoms with Crippen LogP contribution in [0.2, 0.25) is 0 Å². The van der Waals surface area contributed by atoms with Crippen LogP contribution >= 0.6 is 15.9 Å². The second kappa shape index (κ2) is 7.69. The highest BCUT2D eigenvalue weighted by Gasteiger charge is 2.11. The first-order valence-corrected chi connectivity index (χ1v) is 7.16. The number of halogens is 1. The van der Waals surface area contributed by atoms with Crippen LogP contribution in [0.1, 0.15) is 45.4 Å². The maximum Gasteiger partial charge on any atom is 0.134 e. The van der Waals surface area contributed by atoms with Gasteiger partial charge in [-0.2, -0.15) is 0 Å². The molecule has 0 radical (unpaired) electrons. The monoisotopic (exact) mass is 315 g/mol. The molecular formula is C13H22BrN3O. The van der Waals surface area contributed by atoms with E-state index in [0.717, 1.165) is 29.1 Å². The van der Waals surface area contributed by atoms with Crippen molar-refractivity contribution in [3.05, 3.63) is 16.5 Å². The normalized spacial score (nSPS) is 12.8. The SMILES string of the molecule is CCCC(COC)Nc1cc(Br)nc(C(C)C)n1. The summed E-state index contributed by atoms with van der Waals surface area (Å²) in [7, 11) is 1.72. The third-order valence-corrected chi connectivity index (χ3v) is 2.99. The minimum absolute atomic E-state index is 0.293. The first kappa shape index (κ1) is 15.4. The van der Waals surface area contributed by atoms with Crippen molar-refractivity contribution in [3.63, 3.8) is 0 Å². The molecule has 1 N–H and O–H groups in total. The summed E-state index contributed by atoms with van der Waals surface area (Å²) in [6, 6.07) is 2.20. The van der Waals surface area contributed by atoms with Crippen LogP contribution in [0, 0.1) is 0 Å². The van der Waals surface area contributed by atoms with Crippen molar-refractivity contribution in [2.75, 3.05) is 19.0 Å².